The van der Waals surface area contributed by atoms with Crippen molar-refractivity contribution in [2.24, 2.45) is 0 Å². The van der Waals surface area contributed by atoms with Gasteiger partial charge in [0.1, 0.15) is 11.6 Å². The first-order valence-corrected chi connectivity index (χ1v) is 7.49. The number of hydrogen-bond acceptors (Lipinski definition) is 4. The molecule has 2 aromatic rings. The van der Waals surface area contributed by atoms with Crippen LogP contribution in [-0.2, 0) is 4.79 Å². The van der Waals surface area contributed by atoms with E-state index in [1.807, 2.05) is 0 Å². The quantitative estimate of drug-likeness (QED) is 0.865. The number of urea groups is 1. The van der Waals surface area contributed by atoms with Gasteiger partial charge in [-0.05, 0) is 24.7 Å². The minimum absolute atomic E-state index is 0.177. The van der Waals surface area contributed by atoms with Crippen LogP contribution in [0.25, 0.3) is 0 Å². The van der Waals surface area contributed by atoms with Gasteiger partial charge in [-0.3, -0.25) is 20.0 Å². The highest BCUT2D eigenvalue weighted by Gasteiger charge is 2.25. The number of pyridine rings is 1. The Bertz CT molecular complexity index is 756. The van der Waals surface area contributed by atoms with Crippen molar-refractivity contribution >= 4 is 11.9 Å². The van der Waals surface area contributed by atoms with Crippen molar-refractivity contribution in [3.63, 3.8) is 0 Å². The molecule has 8 heteroatoms. The lowest BCUT2D eigenvalue weighted by atomic mass is 9.98. The zero-order valence-electron chi connectivity index (χ0n) is 13.8. The van der Waals surface area contributed by atoms with Crippen molar-refractivity contribution in [1.82, 2.24) is 20.5 Å². The Morgan fingerprint density at radius 3 is 2.64 bits per heavy atom. The van der Waals surface area contributed by atoms with Crippen LogP contribution in [0.5, 0.6) is 0 Å². The predicted molar refractivity (Wildman–Crippen MR) is 87.7 cm³/mol. The Morgan fingerprint density at radius 1 is 1.28 bits per heavy atom. The van der Waals surface area contributed by atoms with E-state index in [-0.39, 0.29) is 12.1 Å². The second-order valence-electron chi connectivity index (χ2n) is 5.40. The van der Waals surface area contributed by atoms with Gasteiger partial charge in [0.05, 0.1) is 12.6 Å². The third kappa shape index (κ3) is 4.80. The number of halogens is 2. The highest BCUT2D eigenvalue weighted by Crippen LogP contribution is 2.29. The average molecular weight is 348 g/mol. The van der Waals surface area contributed by atoms with E-state index >= 15 is 0 Å². The molecule has 0 bridgehead atoms. The number of imide groups is 1. The van der Waals surface area contributed by atoms with Crippen LogP contribution in [0.1, 0.15) is 17.2 Å². The molecule has 0 aliphatic heterocycles. The molecule has 2 rings (SSSR count). The number of benzene rings is 1. The summed E-state index contributed by atoms with van der Waals surface area (Å²) in [6.07, 6.45) is 3.11. The number of nitrogens with one attached hydrogen (secondary N) is 2. The summed E-state index contributed by atoms with van der Waals surface area (Å²) >= 11 is 0. The largest absolute Gasteiger partial charge is 0.341 e. The molecule has 0 aliphatic carbocycles. The van der Waals surface area contributed by atoms with Gasteiger partial charge in [-0.25, -0.2) is 13.6 Å². The van der Waals surface area contributed by atoms with Gasteiger partial charge in [-0.1, -0.05) is 12.1 Å². The molecule has 2 N–H and O–H groups in total. The van der Waals surface area contributed by atoms with E-state index in [0.29, 0.717) is 5.56 Å². The first kappa shape index (κ1) is 18.5. The van der Waals surface area contributed by atoms with Gasteiger partial charge >= 0.3 is 6.03 Å². The zero-order valence-corrected chi connectivity index (χ0v) is 13.8. The zero-order chi connectivity index (χ0) is 18.4. The molecule has 1 aromatic heterocycles. The number of likely N-dealkylation sites (N-methyl/N-ethyl adjacent to an activating group) is 1. The lowest BCUT2D eigenvalue weighted by molar-refractivity contribution is -0.121. The molecule has 1 heterocycles. The molecule has 0 radical (unpaired) electrons. The molecule has 0 saturated heterocycles. The lowest BCUT2D eigenvalue weighted by Gasteiger charge is -2.28. The summed E-state index contributed by atoms with van der Waals surface area (Å²) in [5.41, 5.74) is 0.827. The molecule has 6 nitrogen and oxygen atoms in total. The molecule has 0 aliphatic rings. The fourth-order valence-corrected chi connectivity index (χ4v) is 2.48. The molecule has 1 aromatic carbocycles. The minimum atomic E-state index is -0.729. The van der Waals surface area contributed by atoms with Crippen LogP contribution in [0, 0.1) is 11.6 Å². The van der Waals surface area contributed by atoms with E-state index in [4.69, 9.17) is 0 Å². The van der Waals surface area contributed by atoms with E-state index in [2.05, 4.69) is 15.6 Å². The molecule has 0 unspecified atom stereocenters. The fourth-order valence-electron chi connectivity index (χ4n) is 2.48. The summed E-state index contributed by atoms with van der Waals surface area (Å²) in [6, 6.07) is 5.37. The fraction of sp³-hybridized carbons (Fsp3) is 0.235. The third-order valence-corrected chi connectivity index (χ3v) is 3.57. The third-order valence-electron chi connectivity index (χ3n) is 3.57. The normalized spacial score (nSPS) is 11.9. The Balaban J connectivity index is 2.32. The Morgan fingerprint density at radius 2 is 2.04 bits per heavy atom. The maximum atomic E-state index is 14.3. The van der Waals surface area contributed by atoms with Crippen LogP contribution in [-0.4, -0.2) is 42.5 Å². The van der Waals surface area contributed by atoms with Crippen molar-refractivity contribution in [3.05, 3.63) is 65.5 Å². The molecular formula is C17H18F2N4O2. The van der Waals surface area contributed by atoms with Gasteiger partial charge in [-0.15, -0.1) is 0 Å². The van der Waals surface area contributed by atoms with Crippen molar-refractivity contribution in [2.75, 3.05) is 20.6 Å². The van der Waals surface area contributed by atoms with Crippen LogP contribution in [0.4, 0.5) is 13.6 Å². The van der Waals surface area contributed by atoms with Crippen molar-refractivity contribution in [3.8, 4) is 0 Å². The van der Waals surface area contributed by atoms with Gasteiger partial charge < -0.3 is 5.32 Å². The summed E-state index contributed by atoms with van der Waals surface area (Å²) in [7, 11) is 2.99. The van der Waals surface area contributed by atoms with Gasteiger partial charge in [0.25, 0.3) is 0 Å². The van der Waals surface area contributed by atoms with Crippen LogP contribution < -0.4 is 10.6 Å². The van der Waals surface area contributed by atoms with E-state index in [1.54, 1.807) is 36.5 Å². The van der Waals surface area contributed by atoms with Crippen molar-refractivity contribution in [1.29, 1.82) is 0 Å². The summed E-state index contributed by atoms with van der Waals surface area (Å²) in [5, 5.41) is 4.42. The van der Waals surface area contributed by atoms with Crippen LogP contribution in [0.2, 0.25) is 0 Å². The molecule has 0 saturated carbocycles. The van der Waals surface area contributed by atoms with Gasteiger partial charge in [-0.2, -0.15) is 0 Å². The van der Waals surface area contributed by atoms with Crippen molar-refractivity contribution < 1.29 is 18.4 Å². The maximum absolute atomic E-state index is 14.3. The summed E-state index contributed by atoms with van der Waals surface area (Å²) in [5.74, 6) is -1.98. The SMILES string of the molecule is CNC(=O)NC(=O)CN(C)[C@@H](c1cccnc1)c1ccc(F)cc1F. The molecule has 3 amide bonds. The summed E-state index contributed by atoms with van der Waals surface area (Å²) in [6.45, 7) is -0.177. The molecule has 25 heavy (non-hydrogen) atoms. The molecule has 1 atom stereocenters. The van der Waals surface area contributed by atoms with Crippen LogP contribution in [0.15, 0.2) is 42.7 Å². The van der Waals surface area contributed by atoms with Crippen LogP contribution in [0.3, 0.4) is 0 Å². The minimum Gasteiger partial charge on any atom is -0.341 e. The maximum Gasteiger partial charge on any atom is 0.321 e. The standard InChI is InChI=1S/C17H18F2N4O2/c1-20-17(25)22-15(24)10-23(2)16(11-4-3-7-21-9-11)13-6-5-12(18)8-14(13)19/h3-9,16H,10H2,1-2H3,(H2,20,22,24,25)/t16-/m0/s1. The highest BCUT2D eigenvalue weighted by molar-refractivity contribution is 5.95. The second-order valence-corrected chi connectivity index (χ2v) is 5.40. The molecule has 0 fully saturated rings. The smallest absolute Gasteiger partial charge is 0.321 e. The number of amides is 3. The Hall–Kier alpha value is -2.87. The number of carbonyl (C=O) groups excluding carboxylic acids is 2. The molecule has 132 valence electrons. The Labute approximate surface area is 143 Å². The van der Waals surface area contributed by atoms with E-state index in [1.165, 1.54) is 13.1 Å². The van der Waals surface area contributed by atoms with E-state index < -0.39 is 29.6 Å². The topological polar surface area (TPSA) is 74.3 Å². The number of aromatic nitrogens is 1. The number of nitrogens with zero attached hydrogens (tertiary/aromatic N) is 2. The van der Waals surface area contributed by atoms with Gasteiger partial charge in [0.2, 0.25) is 5.91 Å². The van der Waals surface area contributed by atoms with Crippen LogP contribution >= 0.6 is 0 Å². The number of hydrogen-bond donors (Lipinski definition) is 2. The monoisotopic (exact) mass is 348 g/mol. The van der Waals surface area contributed by atoms with Crippen molar-refractivity contribution in [2.45, 2.75) is 6.04 Å². The first-order valence-electron chi connectivity index (χ1n) is 7.49. The van der Waals surface area contributed by atoms with E-state index in [0.717, 1.165) is 12.1 Å². The first-order chi connectivity index (χ1) is 11.9. The predicted octanol–water partition coefficient (Wildman–Crippen LogP) is 1.84. The lowest BCUT2D eigenvalue weighted by Crippen LogP contribution is -2.43. The van der Waals surface area contributed by atoms with E-state index in [9.17, 15) is 18.4 Å². The number of rotatable bonds is 5. The Kier molecular flexibility index (Phi) is 6.13. The van der Waals surface area contributed by atoms with Gasteiger partial charge in [0.15, 0.2) is 0 Å². The average Bonchev–Trinajstić information content (AvgIpc) is 2.57. The number of carbonyl (C=O) groups is 2. The molecular weight excluding hydrogens is 330 g/mol. The summed E-state index contributed by atoms with van der Waals surface area (Å²) in [4.78, 5) is 28.7. The van der Waals surface area contributed by atoms with Gasteiger partial charge in [0, 0.05) is 31.1 Å². The second kappa shape index (κ2) is 8.29. The summed E-state index contributed by atoms with van der Waals surface area (Å²) < 4.78 is 27.5. The molecule has 0 spiro atoms. The highest BCUT2D eigenvalue weighted by atomic mass is 19.1.